The highest BCUT2D eigenvalue weighted by Gasteiger charge is 2.33. The van der Waals surface area contributed by atoms with Crippen LogP contribution in [0, 0.1) is 49.4 Å². The molecule has 0 unspecified atom stereocenters. The molecule has 7 heterocycles. The van der Waals surface area contributed by atoms with E-state index in [-0.39, 0.29) is 41.1 Å². The lowest BCUT2D eigenvalue weighted by Gasteiger charge is -2.11. The lowest BCUT2D eigenvalue weighted by molar-refractivity contribution is -0.138. The van der Waals surface area contributed by atoms with Crippen molar-refractivity contribution in [2.45, 2.75) is 45.2 Å². The molecule has 0 aliphatic carbocycles. The Morgan fingerprint density at radius 2 is 0.924 bits per heavy atom. The largest absolute Gasteiger partial charge is 0.416 e. The minimum atomic E-state index is -4.52. The molecule has 1 N–H and O–H groups in total. The van der Waals surface area contributed by atoms with Gasteiger partial charge in [-0.3, -0.25) is 19.4 Å². The number of nitrogens with zero attached hydrogens (tertiary/aromatic N) is 10. The van der Waals surface area contributed by atoms with Gasteiger partial charge in [0.15, 0.2) is 28.5 Å². The Hall–Kier alpha value is -12.0. The number of hydrogen-bond acceptors (Lipinski definition) is 10. The van der Waals surface area contributed by atoms with Gasteiger partial charge in [0.05, 0.1) is 35.3 Å². The number of carbonyl (C=O) groups excluding carboxylic acids is 3. The maximum Gasteiger partial charge on any atom is 0.416 e. The molecule has 0 atom stereocenters. The summed E-state index contributed by atoms with van der Waals surface area (Å²) in [4.78, 5) is 54.5. The number of hydrogen-bond donors (Lipinski definition) is 1. The number of Topliss-reactive ketones (excluding diaryl/α,β-unsaturated/α-hetero) is 2. The smallest absolute Gasteiger partial charge is 0.322 e. The highest BCUT2D eigenvalue weighted by Crippen LogP contribution is 2.32. The molecule has 0 aliphatic heterocycles. The molecule has 23 heteroatoms. The summed E-state index contributed by atoms with van der Waals surface area (Å²) in [6.07, 6.45) is -1.13. The average molecular weight is 1250 g/mol. The molecule has 0 saturated carbocycles. The molecule has 0 spiro atoms. The Morgan fingerprint density at radius 1 is 0.446 bits per heavy atom. The number of nitrogens with one attached hydrogen (secondary N) is 1. The monoisotopic (exact) mass is 1250 g/mol. The van der Waals surface area contributed by atoms with Crippen molar-refractivity contribution in [3.63, 3.8) is 0 Å². The lowest BCUT2D eigenvalue weighted by Crippen LogP contribution is -2.14. The van der Waals surface area contributed by atoms with Gasteiger partial charge in [-0.05, 0) is 151 Å². The number of pyridine rings is 1. The summed E-state index contributed by atoms with van der Waals surface area (Å²) < 4.78 is 121. The summed E-state index contributed by atoms with van der Waals surface area (Å²) in [6, 6.07) is 36.6. The van der Waals surface area contributed by atoms with E-state index >= 15 is 0 Å². The SMILES string of the molecule is Cc1c(C#Cc2cnc3cccnn23)cccc1NC(=O)c1cccc(C(F)(F)F)c1.Cc1ccc(C#Cc2cnc3cccnn23)cc1C(=O)Cc1cccc(C(F)(F)F)c1.O=C(Cc1cccc(C(F)(F)F)c1)c1cncc(C#Cc2cnc3cccnn23)c1. The zero-order valence-corrected chi connectivity index (χ0v) is 48.1. The minimum absolute atomic E-state index is 0.0810. The fourth-order valence-electron chi connectivity index (χ4n) is 9.03. The van der Waals surface area contributed by atoms with Crippen LogP contribution in [0.25, 0.3) is 16.9 Å². The summed E-state index contributed by atoms with van der Waals surface area (Å²) >= 11 is 0. The van der Waals surface area contributed by atoms with E-state index in [9.17, 15) is 53.9 Å². The number of aryl methyl sites for hydroxylation is 1. The van der Waals surface area contributed by atoms with Crippen LogP contribution in [0.3, 0.4) is 0 Å². The number of amides is 1. The van der Waals surface area contributed by atoms with E-state index in [1.54, 1.807) is 131 Å². The van der Waals surface area contributed by atoms with Crippen LogP contribution in [-0.4, -0.2) is 66.3 Å². The second kappa shape index (κ2) is 27.2. The molecule has 0 saturated heterocycles. The van der Waals surface area contributed by atoms with Gasteiger partial charge in [0, 0.05) is 82.9 Å². The van der Waals surface area contributed by atoms with Crippen LogP contribution in [0.15, 0.2) is 201 Å². The van der Waals surface area contributed by atoms with Crippen molar-refractivity contribution in [2.24, 2.45) is 0 Å². The van der Waals surface area contributed by atoms with Gasteiger partial charge >= 0.3 is 18.5 Å². The molecule has 14 nitrogen and oxygen atoms in total. The van der Waals surface area contributed by atoms with Gasteiger partial charge in [-0.25, -0.2) is 28.5 Å². The Bertz CT molecular complexity index is 4970. The Labute approximate surface area is 517 Å². The van der Waals surface area contributed by atoms with E-state index in [1.807, 2.05) is 12.1 Å². The van der Waals surface area contributed by atoms with Crippen LogP contribution < -0.4 is 5.32 Å². The molecule has 0 bridgehead atoms. The van der Waals surface area contributed by atoms with E-state index in [0.717, 1.165) is 42.0 Å². The van der Waals surface area contributed by atoms with Gasteiger partial charge in [-0.2, -0.15) is 54.8 Å². The van der Waals surface area contributed by atoms with Crippen LogP contribution in [0.2, 0.25) is 0 Å². The average Bonchev–Trinajstić information content (AvgIpc) is 1.93. The predicted molar refractivity (Wildman–Crippen MR) is 322 cm³/mol. The minimum Gasteiger partial charge on any atom is -0.322 e. The molecule has 0 aliphatic rings. The molecule has 0 fully saturated rings. The number of imidazole rings is 3. The molecule has 1 amide bonds. The van der Waals surface area contributed by atoms with Gasteiger partial charge in [0.25, 0.3) is 5.91 Å². The van der Waals surface area contributed by atoms with Crippen LogP contribution in [-0.2, 0) is 31.4 Å². The number of halogens is 9. The zero-order valence-electron chi connectivity index (χ0n) is 48.1. The first kappa shape index (κ1) is 63.0. The van der Waals surface area contributed by atoms with Crippen LogP contribution >= 0.6 is 0 Å². The molecular weight excluding hydrogens is 1200 g/mol. The lowest BCUT2D eigenvalue weighted by atomic mass is 9.96. The van der Waals surface area contributed by atoms with Crippen molar-refractivity contribution in [2.75, 3.05) is 5.32 Å². The molecule has 0 radical (unpaired) electrons. The van der Waals surface area contributed by atoms with Crippen molar-refractivity contribution in [3.8, 4) is 35.5 Å². The second-order valence-electron chi connectivity index (χ2n) is 20.2. The van der Waals surface area contributed by atoms with Crippen molar-refractivity contribution >= 4 is 40.1 Å². The van der Waals surface area contributed by atoms with Crippen LogP contribution in [0.4, 0.5) is 45.2 Å². The van der Waals surface area contributed by atoms with E-state index in [4.69, 9.17) is 0 Å². The molecule has 5 aromatic carbocycles. The molecule has 12 rings (SSSR count). The topological polar surface area (TPSA) is 167 Å². The first-order valence-corrected chi connectivity index (χ1v) is 27.5. The third-order valence-corrected chi connectivity index (χ3v) is 13.7. The standard InChI is InChI=1S/C24H16F3N3O.C23H15F3N4O.C22H13F3N4O/c1-16-7-8-17(9-10-20-15-28-23-6-3-11-29-30(20)23)13-21(16)22(31)14-18-4-2-5-19(12-18)24(25,26)27;1-15-16(10-11-19-14-27-21-9-4-12-28-30(19)21)5-3-8-20(15)29-22(31)17-6-2-7-18(13-17)23(24,25)26;23-22(24,25)18-4-1-3-15(10-18)11-20(30)17-9-16(12-26-13-17)6-7-19-14-27-21-5-2-8-28-29(19)21/h2-8,11-13,15H,14H2,1H3;2-9,12-14H,1H3,(H,29,31);1-5,8-10,12-14H,11H2. The van der Waals surface area contributed by atoms with Gasteiger partial charge in [0.2, 0.25) is 0 Å². The number of rotatable bonds is 8. The van der Waals surface area contributed by atoms with Gasteiger partial charge < -0.3 is 5.32 Å². The number of carbonyl (C=O) groups is 3. The van der Waals surface area contributed by atoms with Crippen molar-refractivity contribution in [1.29, 1.82) is 0 Å². The molecule has 7 aromatic heterocycles. The number of alkyl halides is 9. The molecular formula is C69H44F9N11O3. The maximum absolute atomic E-state index is 12.9. The highest BCUT2D eigenvalue weighted by molar-refractivity contribution is 6.05. The summed E-state index contributed by atoms with van der Waals surface area (Å²) in [6.45, 7) is 3.56. The number of anilines is 1. The molecule has 456 valence electrons. The second-order valence-corrected chi connectivity index (χ2v) is 20.2. The molecule has 12 aromatic rings. The van der Waals surface area contributed by atoms with Crippen LogP contribution in [0.5, 0.6) is 0 Å². The number of benzene rings is 5. The molecule has 92 heavy (non-hydrogen) atoms. The van der Waals surface area contributed by atoms with Crippen molar-refractivity contribution in [3.05, 3.63) is 291 Å². The Morgan fingerprint density at radius 3 is 1.46 bits per heavy atom. The highest BCUT2D eigenvalue weighted by atomic mass is 19.4. The number of fused-ring (bicyclic) bond motifs is 3. The fraction of sp³-hybridized carbons (Fsp3) is 0.101. The summed E-state index contributed by atoms with van der Waals surface area (Å²) in [5.41, 5.74) is 6.24. The van der Waals surface area contributed by atoms with Gasteiger partial charge in [0.1, 0.15) is 17.1 Å². The summed E-state index contributed by atoms with van der Waals surface area (Å²) in [5.74, 6) is 16.7. The number of aromatic nitrogens is 10. The van der Waals surface area contributed by atoms with Crippen LogP contribution in [0.1, 0.15) is 104 Å². The van der Waals surface area contributed by atoms with Gasteiger partial charge in [-0.15, -0.1) is 0 Å². The first-order chi connectivity index (χ1) is 44.0. The van der Waals surface area contributed by atoms with E-state index in [1.165, 1.54) is 48.8 Å². The normalized spacial score (nSPS) is 11.2. The third-order valence-electron chi connectivity index (χ3n) is 13.7. The maximum atomic E-state index is 12.9. The van der Waals surface area contributed by atoms with E-state index in [0.29, 0.717) is 73.1 Å². The first-order valence-electron chi connectivity index (χ1n) is 27.5. The summed E-state index contributed by atoms with van der Waals surface area (Å²) in [7, 11) is 0. The number of ketones is 2. The van der Waals surface area contributed by atoms with Gasteiger partial charge in [-0.1, -0.05) is 72.4 Å². The van der Waals surface area contributed by atoms with Crippen molar-refractivity contribution in [1.82, 2.24) is 48.8 Å². The fourth-order valence-corrected chi connectivity index (χ4v) is 9.03. The Balaban J connectivity index is 0.000000151. The van der Waals surface area contributed by atoms with E-state index < -0.39 is 41.1 Å². The quantitative estimate of drug-likeness (QED) is 0.0879. The zero-order chi connectivity index (χ0) is 65.2. The predicted octanol–water partition coefficient (Wildman–Crippen LogP) is 13.6. The summed E-state index contributed by atoms with van der Waals surface area (Å²) in [5, 5.41) is 15.2. The van der Waals surface area contributed by atoms with Crippen molar-refractivity contribution < 1.29 is 53.9 Å². The Kier molecular flexibility index (Phi) is 18.6. The van der Waals surface area contributed by atoms with E-state index in [2.05, 4.69) is 76.1 Å². The third kappa shape index (κ3) is 15.6.